The molecule has 0 aliphatic carbocycles. The number of ether oxygens (including phenoxy) is 2. The number of nitrogens with one attached hydrogen (secondary N) is 2. The van der Waals surface area contributed by atoms with Gasteiger partial charge in [0, 0.05) is 18.1 Å². The summed E-state index contributed by atoms with van der Waals surface area (Å²) in [5.41, 5.74) is 0.573. The number of morpholine rings is 1. The first-order chi connectivity index (χ1) is 9.19. The molecule has 1 atom stereocenters. The highest BCUT2D eigenvalue weighted by molar-refractivity contribution is 6.31. The third kappa shape index (κ3) is 4.09. The fourth-order valence-electron chi connectivity index (χ4n) is 1.94. The standard InChI is InChI=1S/C13H17ClN2O3/c1-18-12-3-2-9(14)6-11(12)16-13(17)7-10-8-15-4-5-19-10/h2-3,6,10,15H,4-5,7-8H2,1H3,(H,16,17). The second-order valence-corrected chi connectivity index (χ2v) is 4.73. The van der Waals surface area contributed by atoms with Crippen LogP contribution in [0.1, 0.15) is 6.42 Å². The summed E-state index contributed by atoms with van der Waals surface area (Å²) in [6.07, 6.45) is 0.224. The summed E-state index contributed by atoms with van der Waals surface area (Å²) in [5.74, 6) is 0.467. The Labute approximate surface area is 117 Å². The minimum absolute atomic E-state index is 0.0843. The highest BCUT2D eigenvalue weighted by Gasteiger charge is 2.18. The molecule has 0 saturated carbocycles. The lowest BCUT2D eigenvalue weighted by atomic mass is 10.2. The fourth-order valence-corrected chi connectivity index (χ4v) is 2.11. The van der Waals surface area contributed by atoms with Crippen LogP contribution in [0, 0.1) is 0 Å². The maximum atomic E-state index is 11.9. The Bertz CT molecular complexity index is 448. The van der Waals surface area contributed by atoms with Gasteiger partial charge in [-0.3, -0.25) is 4.79 Å². The zero-order valence-corrected chi connectivity index (χ0v) is 11.5. The quantitative estimate of drug-likeness (QED) is 0.883. The van der Waals surface area contributed by atoms with E-state index in [-0.39, 0.29) is 12.0 Å². The zero-order chi connectivity index (χ0) is 13.7. The number of rotatable bonds is 4. The monoisotopic (exact) mass is 284 g/mol. The number of methoxy groups -OCH3 is 1. The molecule has 1 aliphatic heterocycles. The Morgan fingerprint density at radius 3 is 3.16 bits per heavy atom. The van der Waals surface area contributed by atoms with E-state index in [1.54, 1.807) is 25.3 Å². The van der Waals surface area contributed by atoms with Gasteiger partial charge in [0.15, 0.2) is 0 Å². The van der Waals surface area contributed by atoms with Crippen molar-refractivity contribution in [1.82, 2.24) is 5.32 Å². The van der Waals surface area contributed by atoms with Gasteiger partial charge >= 0.3 is 0 Å². The first-order valence-electron chi connectivity index (χ1n) is 6.15. The highest BCUT2D eigenvalue weighted by Crippen LogP contribution is 2.27. The van der Waals surface area contributed by atoms with E-state index in [1.807, 2.05) is 0 Å². The molecule has 1 heterocycles. The summed E-state index contributed by atoms with van der Waals surface area (Å²) in [6, 6.07) is 5.10. The molecular formula is C13H17ClN2O3. The average molecular weight is 285 g/mol. The number of hydrogen-bond acceptors (Lipinski definition) is 4. The molecule has 104 valence electrons. The minimum Gasteiger partial charge on any atom is -0.495 e. The predicted octanol–water partition coefficient (Wildman–Crippen LogP) is 1.67. The third-order valence-electron chi connectivity index (χ3n) is 2.85. The van der Waals surface area contributed by atoms with Gasteiger partial charge < -0.3 is 20.1 Å². The number of benzene rings is 1. The summed E-state index contributed by atoms with van der Waals surface area (Å²) < 4.78 is 10.7. The van der Waals surface area contributed by atoms with Gasteiger partial charge in [-0.1, -0.05) is 11.6 Å². The first-order valence-corrected chi connectivity index (χ1v) is 6.52. The van der Waals surface area contributed by atoms with Crippen molar-refractivity contribution >= 4 is 23.2 Å². The van der Waals surface area contributed by atoms with Crippen LogP contribution in [0.25, 0.3) is 0 Å². The molecule has 2 N–H and O–H groups in total. The molecule has 5 nitrogen and oxygen atoms in total. The topological polar surface area (TPSA) is 59.6 Å². The van der Waals surface area contributed by atoms with E-state index in [4.69, 9.17) is 21.1 Å². The summed E-state index contributed by atoms with van der Waals surface area (Å²) in [6.45, 7) is 2.17. The second kappa shape index (κ2) is 6.75. The van der Waals surface area contributed by atoms with Crippen molar-refractivity contribution in [2.45, 2.75) is 12.5 Å². The number of amides is 1. The van der Waals surface area contributed by atoms with E-state index in [1.165, 1.54) is 0 Å². The molecule has 1 unspecified atom stereocenters. The SMILES string of the molecule is COc1ccc(Cl)cc1NC(=O)CC1CNCCO1. The van der Waals surface area contributed by atoms with E-state index in [9.17, 15) is 4.79 Å². The van der Waals surface area contributed by atoms with Crippen molar-refractivity contribution in [3.05, 3.63) is 23.2 Å². The van der Waals surface area contributed by atoms with Crippen LogP contribution in [-0.4, -0.2) is 38.8 Å². The Morgan fingerprint density at radius 1 is 1.63 bits per heavy atom. The number of carbonyl (C=O) groups is 1. The number of carbonyl (C=O) groups excluding carboxylic acids is 1. The zero-order valence-electron chi connectivity index (χ0n) is 10.7. The van der Waals surface area contributed by atoms with Gasteiger partial charge in [-0.15, -0.1) is 0 Å². The van der Waals surface area contributed by atoms with Crippen LogP contribution in [0.15, 0.2) is 18.2 Å². The molecule has 0 spiro atoms. The van der Waals surface area contributed by atoms with Crippen molar-refractivity contribution in [2.24, 2.45) is 0 Å². The smallest absolute Gasteiger partial charge is 0.227 e. The molecule has 1 aromatic rings. The van der Waals surface area contributed by atoms with Gasteiger partial charge in [-0.2, -0.15) is 0 Å². The Morgan fingerprint density at radius 2 is 2.47 bits per heavy atom. The molecule has 1 fully saturated rings. The molecule has 2 rings (SSSR count). The van der Waals surface area contributed by atoms with Crippen molar-refractivity contribution in [3.8, 4) is 5.75 Å². The molecule has 0 radical (unpaired) electrons. The lowest BCUT2D eigenvalue weighted by Crippen LogP contribution is -2.40. The normalized spacial score (nSPS) is 18.9. The van der Waals surface area contributed by atoms with E-state index < -0.39 is 0 Å². The Kier molecular flexibility index (Phi) is 5.01. The summed E-state index contributed by atoms with van der Waals surface area (Å²) in [4.78, 5) is 11.9. The van der Waals surface area contributed by atoms with Crippen LogP contribution in [0.5, 0.6) is 5.75 Å². The highest BCUT2D eigenvalue weighted by atomic mass is 35.5. The molecule has 19 heavy (non-hydrogen) atoms. The molecule has 0 aromatic heterocycles. The van der Waals surface area contributed by atoms with E-state index in [2.05, 4.69) is 10.6 Å². The van der Waals surface area contributed by atoms with E-state index in [0.29, 0.717) is 36.0 Å². The van der Waals surface area contributed by atoms with Gasteiger partial charge in [0.2, 0.25) is 5.91 Å². The molecule has 1 aromatic carbocycles. The van der Waals surface area contributed by atoms with E-state index >= 15 is 0 Å². The molecule has 1 amide bonds. The maximum Gasteiger partial charge on any atom is 0.227 e. The van der Waals surface area contributed by atoms with Gasteiger partial charge in [-0.05, 0) is 18.2 Å². The van der Waals surface area contributed by atoms with Crippen molar-refractivity contribution in [2.75, 3.05) is 32.1 Å². The van der Waals surface area contributed by atoms with Crippen LogP contribution < -0.4 is 15.4 Å². The molecular weight excluding hydrogens is 268 g/mol. The van der Waals surface area contributed by atoms with Crippen molar-refractivity contribution < 1.29 is 14.3 Å². The largest absolute Gasteiger partial charge is 0.495 e. The van der Waals surface area contributed by atoms with Crippen molar-refractivity contribution in [1.29, 1.82) is 0 Å². The molecule has 1 saturated heterocycles. The summed E-state index contributed by atoms with van der Waals surface area (Å²) >= 11 is 5.91. The molecule has 6 heteroatoms. The van der Waals surface area contributed by atoms with Crippen LogP contribution in [0.2, 0.25) is 5.02 Å². The van der Waals surface area contributed by atoms with Crippen LogP contribution in [0.3, 0.4) is 0 Å². The van der Waals surface area contributed by atoms with Crippen LogP contribution in [-0.2, 0) is 9.53 Å². The Hall–Kier alpha value is -1.30. The number of halogens is 1. The summed E-state index contributed by atoms with van der Waals surface area (Å²) in [7, 11) is 1.55. The lowest BCUT2D eigenvalue weighted by molar-refractivity contribution is -0.119. The maximum absolute atomic E-state index is 11.9. The van der Waals surface area contributed by atoms with Gasteiger partial charge in [0.05, 0.1) is 31.9 Å². The van der Waals surface area contributed by atoms with E-state index in [0.717, 1.165) is 6.54 Å². The molecule has 1 aliphatic rings. The number of anilines is 1. The Balaban J connectivity index is 1.95. The van der Waals surface area contributed by atoms with Gasteiger partial charge in [-0.25, -0.2) is 0 Å². The molecule has 0 bridgehead atoms. The minimum atomic E-state index is -0.116. The van der Waals surface area contributed by atoms with Crippen LogP contribution >= 0.6 is 11.6 Å². The van der Waals surface area contributed by atoms with Gasteiger partial charge in [0.1, 0.15) is 5.75 Å². The fraction of sp³-hybridized carbons (Fsp3) is 0.462. The lowest BCUT2D eigenvalue weighted by Gasteiger charge is -2.23. The van der Waals surface area contributed by atoms with Crippen molar-refractivity contribution in [3.63, 3.8) is 0 Å². The van der Waals surface area contributed by atoms with Crippen LogP contribution in [0.4, 0.5) is 5.69 Å². The number of hydrogen-bond donors (Lipinski definition) is 2. The second-order valence-electron chi connectivity index (χ2n) is 4.29. The first kappa shape index (κ1) is 14.1. The van der Waals surface area contributed by atoms with Gasteiger partial charge in [0.25, 0.3) is 0 Å². The summed E-state index contributed by atoms with van der Waals surface area (Å²) in [5, 5.41) is 6.53. The third-order valence-corrected chi connectivity index (χ3v) is 3.09. The average Bonchev–Trinajstić information content (AvgIpc) is 2.40. The predicted molar refractivity (Wildman–Crippen MR) is 73.9 cm³/mol.